The van der Waals surface area contributed by atoms with Gasteiger partial charge in [0.25, 0.3) is 0 Å². The molecule has 1 saturated heterocycles. The van der Waals surface area contributed by atoms with E-state index in [9.17, 15) is 9.59 Å². The minimum Gasteiger partial charge on any atom is -0.477 e. The Hall–Kier alpha value is -1.36. The lowest BCUT2D eigenvalue weighted by Crippen LogP contribution is -2.17. The van der Waals surface area contributed by atoms with E-state index in [1.807, 2.05) is 0 Å². The standard InChI is InChI=1S/C9H12O5/c1-2-3-7(8(10)11)9(12)14-5-6-4-13-6/h3,6H,2,4-5H2,1H3,(H,10,11). The van der Waals surface area contributed by atoms with Gasteiger partial charge in [0.2, 0.25) is 0 Å². The molecule has 0 saturated carbocycles. The number of carboxylic acid groups (broad SMARTS) is 1. The fraction of sp³-hybridized carbons (Fsp3) is 0.556. The van der Waals surface area contributed by atoms with Gasteiger partial charge in [-0.05, 0) is 6.42 Å². The first-order chi connectivity index (χ1) is 6.65. The quantitative estimate of drug-likeness (QED) is 0.228. The summed E-state index contributed by atoms with van der Waals surface area (Å²) in [5.74, 6) is -2.05. The number of allylic oxidation sites excluding steroid dienone is 1. The molecule has 1 fully saturated rings. The average molecular weight is 200 g/mol. The van der Waals surface area contributed by atoms with Gasteiger partial charge in [0.1, 0.15) is 18.3 Å². The number of esters is 1. The summed E-state index contributed by atoms with van der Waals surface area (Å²) in [4.78, 5) is 21.8. The first-order valence-corrected chi connectivity index (χ1v) is 4.37. The zero-order valence-electron chi connectivity index (χ0n) is 7.86. The molecule has 0 radical (unpaired) electrons. The van der Waals surface area contributed by atoms with Crippen molar-refractivity contribution in [3.8, 4) is 0 Å². The van der Waals surface area contributed by atoms with Crippen molar-refractivity contribution in [2.45, 2.75) is 19.4 Å². The highest BCUT2D eigenvalue weighted by molar-refractivity contribution is 6.13. The van der Waals surface area contributed by atoms with E-state index < -0.39 is 11.9 Å². The van der Waals surface area contributed by atoms with Crippen molar-refractivity contribution < 1.29 is 24.2 Å². The Balaban J connectivity index is 2.44. The molecule has 1 atom stereocenters. The van der Waals surface area contributed by atoms with Gasteiger partial charge in [-0.25, -0.2) is 9.59 Å². The van der Waals surface area contributed by atoms with E-state index in [-0.39, 0.29) is 18.3 Å². The van der Waals surface area contributed by atoms with Crippen LogP contribution in [0.5, 0.6) is 0 Å². The molecule has 1 N–H and O–H groups in total. The molecule has 0 aromatic rings. The Kier molecular flexibility index (Phi) is 3.64. The second-order valence-electron chi connectivity index (χ2n) is 2.89. The average Bonchev–Trinajstić information content (AvgIpc) is 2.93. The summed E-state index contributed by atoms with van der Waals surface area (Å²) in [5.41, 5.74) is -0.312. The number of rotatable bonds is 5. The van der Waals surface area contributed by atoms with Crippen molar-refractivity contribution in [1.29, 1.82) is 0 Å². The second-order valence-corrected chi connectivity index (χ2v) is 2.89. The van der Waals surface area contributed by atoms with E-state index >= 15 is 0 Å². The van der Waals surface area contributed by atoms with Crippen LogP contribution < -0.4 is 0 Å². The maximum Gasteiger partial charge on any atom is 0.345 e. The largest absolute Gasteiger partial charge is 0.477 e. The molecule has 5 heteroatoms. The Bertz CT molecular complexity index is 264. The van der Waals surface area contributed by atoms with Crippen molar-refractivity contribution in [2.75, 3.05) is 13.2 Å². The minimum atomic E-state index is -1.26. The van der Waals surface area contributed by atoms with Crippen molar-refractivity contribution in [2.24, 2.45) is 0 Å². The first-order valence-electron chi connectivity index (χ1n) is 4.37. The Morgan fingerprint density at radius 3 is 2.71 bits per heavy atom. The molecular weight excluding hydrogens is 188 g/mol. The Morgan fingerprint density at radius 2 is 2.29 bits per heavy atom. The molecule has 1 aliphatic heterocycles. The number of ether oxygens (including phenoxy) is 2. The molecule has 0 aromatic carbocycles. The van der Waals surface area contributed by atoms with Gasteiger partial charge in [0.15, 0.2) is 0 Å². The molecule has 0 amide bonds. The number of carbonyl (C=O) groups is 2. The molecule has 5 nitrogen and oxygen atoms in total. The highest BCUT2D eigenvalue weighted by atomic mass is 16.6. The number of hydrogen-bond acceptors (Lipinski definition) is 4. The van der Waals surface area contributed by atoms with Gasteiger partial charge >= 0.3 is 11.9 Å². The zero-order chi connectivity index (χ0) is 10.6. The fourth-order valence-electron chi connectivity index (χ4n) is 0.873. The van der Waals surface area contributed by atoms with Gasteiger partial charge in [-0.2, -0.15) is 0 Å². The second kappa shape index (κ2) is 4.76. The van der Waals surface area contributed by atoms with Crippen LogP contribution in [0.25, 0.3) is 0 Å². The molecule has 0 spiro atoms. The SMILES string of the molecule is CCC=C(C(=O)O)C(=O)OCC1CO1. The topological polar surface area (TPSA) is 76.1 Å². The van der Waals surface area contributed by atoms with E-state index in [4.69, 9.17) is 14.6 Å². The van der Waals surface area contributed by atoms with E-state index in [0.717, 1.165) is 0 Å². The molecule has 14 heavy (non-hydrogen) atoms. The van der Waals surface area contributed by atoms with E-state index in [1.54, 1.807) is 6.92 Å². The van der Waals surface area contributed by atoms with E-state index in [2.05, 4.69) is 0 Å². The highest BCUT2D eigenvalue weighted by Gasteiger charge is 2.26. The maximum atomic E-state index is 11.2. The summed E-state index contributed by atoms with van der Waals surface area (Å²) in [6.07, 6.45) is 1.77. The molecular formula is C9H12O5. The van der Waals surface area contributed by atoms with Crippen LogP contribution in [0.4, 0.5) is 0 Å². The zero-order valence-corrected chi connectivity index (χ0v) is 7.86. The van der Waals surface area contributed by atoms with Crippen molar-refractivity contribution in [1.82, 2.24) is 0 Å². The molecule has 78 valence electrons. The minimum absolute atomic E-state index is 0.0457. The third-order valence-corrected chi connectivity index (χ3v) is 1.66. The van der Waals surface area contributed by atoms with E-state index in [1.165, 1.54) is 6.08 Å². The normalized spacial score (nSPS) is 20.4. The van der Waals surface area contributed by atoms with Crippen LogP contribution in [0, 0.1) is 0 Å². The summed E-state index contributed by atoms with van der Waals surface area (Å²) in [7, 11) is 0. The predicted octanol–water partition coefficient (Wildman–Crippen LogP) is 0.349. The molecule has 0 aliphatic carbocycles. The summed E-state index contributed by atoms with van der Waals surface area (Å²) < 4.78 is 9.54. The van der Waals surface area contributed by atoms with Crippen LogP contribution in [0.1, 0.15) is 13.3 Å². The van der Waals surface area contributed by atoms with E-state index in [0.29, 0.717) is 13.0 Å². The Labute approximate surface area is 81.3 Å². The van der Waals surface area contributed by atoms with Crippen LogP contribution >= 0.6 is 0 Å². The van der Waals surface area contributed by atoms with Crippen LogP contribution in [-0.4, -0.2) is 36.4 Å². The number of aliphatic carboxylic acids is 1. The maximum absolute atomic E-state index is 11.2. The van der Waals surface area contributed by atoms with Crippen molar-refractivity contribution in [3.05, 3.63) is 11.6 Å². The summed E-state index contributed by atoms with van der Waals surface area (Å²) >= 11 is 0. The number of carboxylic acids is 1. The van der Waals surface area contributed by atoms with Gasteiger partial charge in [0, 0.05) is 0 Å². The predicted molar refractivity (Wildman–Crippen MR) is 46.7 cm³/mol. The van der Waals surface area contributed by atoms with Gasteiger partial charge in [-0.3, -0.25) is 0 Å². The van der Waals surface area contributed by atoms with Crippen LogP contribution in [0.15, 0.2) is 11.6 Å². The van der Waals surface area contributed by atoms with Crippen molar-refractivity contribution >= 4 is 11.9 Å². The summed E-state index contributed by atoms with van der Waals surface area (Å²) in [5, 5.41) is 8.66. The lowest BCUT2D eigenvalue weighted by atomic mass is 10.2. The van der Waals surface area contributed by atoms with Crippen LogP contribution in [0.3, 0.4) is 0 Å². The summed E-state index contributed by atoms with van der Waals surface area (Å²) in [6, 6.07) is 0. The van der Waals surface area contributed by atoms with Crippen LogP contribution in [0.2, 0.25) is 0 Å². The number of hydrogen-bond donors (Lipinski definition) is 1. The molecule has 1 rings (SSSR count). The highest BCUT2D eigenvalue weighted by Crippen LogP contribution is 2.10. The lowest BCUT2D eigenvalue weighted by Gasteiger charge is -2.02. The van der Waals surface area contributed by atoms with Crippen molar-refractivity contribution in [3.63, 3.8) is 0 Å². The Morgan fingerprint density at radius 1 is 1.64 bits per heavy atom. The third kappa shape index (κ3) is 3.18. The molecule has 0 bridgehead atoms. The first kappa shape index (κ1) is 10.7. The van der Waals surface area contributed by atoms with Gasteiger partial charge < -0.3 is 14.6 Å². The monoisotopic (exact) mass is 200 g/mol. The number of carbonyl (C=O) groups excluding carboxylic acids is 1. The van der Waals surface area contributed by atoms with Gasteiger partial charge in [-0.1, -0.05) is 13.0 Å². The van der Waals surface area contributed by atoms with Gasteiger partial charge in [0.05, 0.1) is 6.61 Å². The van der Waals surface area contributed by atoms with Crippen LogP contribution in [-0.2, 0) is 19.1 Å². The molecule has 1 unspecified atom stereocenters. The number of epoxide rings is 1. The summed E-state index contributed by atoms with van der Waals surface area (Å²) in [6.45, 7) is 2.46. The third-order valence-electron chi connectivity index (χ3n) is 1.66. The molecule has 1 aliphatic rings. The van der Waals surface area contributed by atoms with Gasteiger partial charge in [-0.15, -0.1) is 0 Å². The smallest absolute Gasteiger partial charge is 0.345 e. The fourth-order valence-corrected chi connectivity index (χ4v) is 0.873. The molecule has 1 heterocycles. The molecule has 0 aromatic heterocycles. The lowest BCUT2D eigenvalue weighted by molar-refractivity contribution is -0.144.